The average molecular weight is 444 g/mol. The normalized spacial score (nSPS) is 17.8. The van der Waals surface area contributed by atoms with E-state index >= 15 is 0 Å². The number of nitrogens with zero attached hydrogens (tertiary/aromatic N) is 3. The molecule has 1 aliphatic rings. The standard InChI is InChI=1S/C21H18ClN3O6/c22-15-3-1-2-14-17(15)24-19(25-18(14)21(28)29)11-4-5-16(23-10-11)31-7-6-30-13-8-12(9-13)20(26)27/h1-5,10,12-13H,6-9H2,(H,26,27)(H,28,29)/t12-,13+. The van der Waals surface area contributed by atoms with Gasteiger partial charge < -0.3 is 19.7 Å². The zero-order valence-corrected chi connectivity index (χ0v) is 17.0. The Balaban J connectivity index is 1.40. The Bertz CT molecular complexity index is 1130. The summed E-state index contributed by atoms with van der Waals surface area (Å²) < 4.78 is 11.1. The molecular weight excluding hydrogens is 426 g/mol. The number of carbonyl (C=O) groups is 2. The predicted molar refractivity (Wildman–Crippen MR) is 110 cm³/mol. The molecule has 0 atom stereocenters. The smallest absolute Gasteiger partial charge is 0.355 e. The summed E-state index contributed by atoms with van der Waals surface area (Å²) in [4.78, 5) is 35.2. The Morgan fingerprint density at radius 2 is 1.90 bits per heavy atom. The Morgan fingerprint density at radius 1 is 1.10 bits per heavy atom. The number of hydrogen-bond acceptors (Lipinski definition) is 7. The second-order valence-corrected chi connectivity index (χ2v) is 7.48. The summed E-state index contributed by atoms with van der Waals surface area (Å²) >= 11 is 6.19. The van der Waals surface area contributed by atoms with E-state index in [9.17, 15) is 14.7 Å². The number of aromatic carboxylic acids is 1. The van der Waals surface area contributed by atoms with Gasteiger partial charge in [-0.1, -0.05) is 23.7 Å². The third-order valence-electron chi connectivity index (χ3n) is 5.01. The number of rotatable bonds is 8. The van der Waals surface area contributed by atoms with Crippen molar-refractivity contribution in [1.82, 2.24) is 15.0 Å². The fraction of sp³-hybridized carbons (Fsp3) is 0.286. The minimum atomic E-state index is -1.18. The first-order valence-electron chi connectivity index (χ1n) is 9.55. The topological polar surface area (TPSA) is 132 Å². The van der Waals surface area contributed by atoms with E-state index in [1.807, 2.05) is 0 Å². The number of pyridine rings is 1. The number of aliphatic carboxylic acids is 1. The molecule has 0 unspecified atom stereocenters. The lowest BCUT2D eigenvalue weighted by Crippen LogP contribution is -2.37. The molecule has 3 aromatic rings. The molecule has 0 bridgehead atoms. The first kappa shape index (κ1) is 21.0. The lowest BCUT2D eigenvalue weighted by molar-refractivity contribution is -0.151. The Hall–Kier alpha value is -3.30. The highest BCUT2D eigenvalue weighted by Gasteiger charge is 2.34. The maximum absolute atomic E-state index is 11.6. The van der Waals surface area contributed by atoms with Crippen molar-refractivity contribution in [1.29, 1.82) is 0 Å². The van der Waals surface area contributed by atoms with Crippen molar-refractivity contribution in [3.63, 3.8) is 0 Å². The van der Waals surface area contributed by atoms with E-state index in [4.69, 9.17) is 26.2 Å². The number of halogens is 1. The molecule has 160 valence electrons. The molecule has 1 saturated carbocycles. The van der Waals surface area contributed by atoms with Crippen LogP contribution in [-0.2, 0) is 9.53 Å². The molecule has 1 aliphatic carbocycles. The molecule has 0 radical (unpaired) electrons. The SMILES string of the molecule is O=C(O)c1nc(-c2ccc(OCCO[C@H]3C[C@@H](C(=O)O)C3)nc2)nc2c(Cl)cccc12. The van der Waals surface area contributed by atoms with Gasteiger partial charge in [0.1, 0.15) is 6.61 Å². The lowest BCUT2D eigenvalue weighted by Gasteiger charge is -2.31. The summed E-state index contributed by atoms with van der Waals surface area (Å²) in [5.41, 5.74) is 0.730. The van der Waals surface area contributed by atoms with Gasteiger partial charge in [0.25, 0.3) is 0 Å². The highest BCUT2D eigenvalue weighted by molar-refractivity contribution is 6.35. The van der Waals surface area contributed by atoms with Crippen LogP contribution in [0.4, 0.5) is 0 Å². The van der Waals surface area contributed by atoms with Crippen molar-refractivity contribution in [2.45, 2.75) is 18.9 Å². The highest BCUT2D eigenvalue weighted by Crippen LogP contribution is 2.30. The number of carboxylic acid groups (broad SMARTS) is 2. The summed E-state index contributed by atoms with van der Waals surface area (Å²) in [6, 6.07) is 8.19. The quantitative estimate of drug-likeness (QED) is 0.503. The number of benzene rings is 1. The van der Waals surface area contributed by atoms with E-state index in [1.54, 1.807) is 30.3 Å². The van der Waals surface area contributed by atoms with Crippen molar-refractivity contribution >= 4 is 34.4 Å². The van der Waals surface area contributed by atoms with Crippen molar-refractivity contribution in [3.8, 4) is 17.3 Å². The second-order valence-electron chi connectivity index (χ2n) is 7.07. The number of ether oxygens (including phenoxy) is 2. The monoisotopic (exact) mass is 443 g/mol. The molecule has 4 rings (SSSR count). The summed E-state index contributed by atoms with van der Waals surface area (Å²) in [6.07, 6.45) is 2.50. The van der Waals surface area contributed by atoms with E-state index < -0.39 is 11.9 Å². The van der Waals surface area contributed by atoms with Crippen LogP contribution < -0.4 is 4.74 Å². The average Bonchev–Trinajstić information content (AvgIpc) is 2.72. The zero-order chi connectivity index (χ0) is 22.0. The molecule has 0 aliphatic heterocycles. The molecule has 1 aromatic carbocycles. The number of fused-ring (bicyclic) bond motifs is 1. The molecule has 0 amide bonds. The van der Waals surface area contributed by atoms with Crippen LogP contribution >= 0.6 is 11.6 Å². The third-order valence-corrected chi connectivity index (χ3v) is 5.31. The van der Waals surface area contributed by atoms with Crippen LogP contribution in [-0.4, -0.2) is 56.4 Å². The molecule has 0 saturated heterocycles. The molecular formula is C21H18ClN3O6. The first-order valence-corrected chi connectivity index (χ1v) is 9.93. The fourth-order valence-electron chi connectivity index (χ4n) is 3.27. The molecule has 0 spiro atoms. The minimum absolute atomic E-state index is 0.0413. The molecule has 2 heterocycles. The van der Waals surface area contributed by atoms with E-state index in [-0.39, 0.29) is 30.1 Å². The summed E-state index contributed by atoms with van der Waals surface area (Å²) in [6.45, 7) is 0.598. The maximum atomic E-state index is 11.6. The number of hydrogen-bond donors (Lipinski definition) is 2. The molecule has 1 fully saturated rings. The summed E-state index contributed by atoms with van der Waals surface area (Å²) in [7, 11) is 0. The Morgan fingerprint density at radius 3 is 2.58 bits per heavy atom. The van der Waals surface area contributed by atoms with Crippen molar-refractivity contribution in [2.75, 3.05) is 13.2 Å². The van der Waals surface area contributed by atoms with Crippen LogP contribution in [0.1, 0.15) is 23.3 Å². The van der Waals surface area contributed by atoms with Crippen LogP contribution in [0.5, 0.6) is 5.88 Å². The molecule has 10 heteroatoms. The number of para-hydroxylation sites is 1. The van der Waals surface area contributed by atoms with Crippen LogP contribution in [0, 0.1) is 5.92 Å². The fourth-order valence-corrected chi connectivity index (χ4v) is 3.49. The van der Waals surface area contributed by atoms with Gasteiger partial charge in [0.05, 0.1) is 29.2 Å². The van der Waals surface area contributed by atoms with E-state index in [0.29, 0.717) is 46.8 Å². The van der Waals surface area contributed by atoms with Gasteiger partial charge in [-0.05, 0) is 25.0 Å². The molecule has 31 heavy (non-hydrogen) atoms. The predicted octanol–water partition coefficient (Wildman–Crippen LogP) is 3.30. The summed E-state index contributed by atoms with van der Waals surface area (Å²) in [5.74, 6) is -1.72. The maximum Gasteiger partial charge on any atom is 0.355 e. The van der Waals surface area contributed by atoms with Crippen LogP contribution in [0.15, 0.2) is 36.5 Å². The van der Waals surface area contributed by atoms with E-state index in [2.05, 4.69) is 15.0 Å². The third kappa shape index (κ3) is 4.57. The van der Waals surface area contributed by atoms with E-state index in [1.165, 1.54) is 6.20 Å². The van der Waals surface area contributed by atoms with Gasteiger partial charge in [-0.25, -0.2) is 19.7 Å². The lowest BCUT2D eigenvalue weighted by atomic mass is 9.82. The molecule has 2 aromatic heterocycles. The summed E-state index contributed by atoms with van der Waals surface area (Å²) in [5, 5.41) is 19.0. The van der Waals surface area contributed by atoms with Crippen LogP contribution in [0.25, 0.3) is 22.3 Å². The van der Waals surface area contributed by atoms with E-state index in [0.717, 1.165) is 0 Å². The number of aromatic nitrogens is 3. The minimum Gasteiger partial charge on any atom is -0.481 e. The van der Waals surface area contributed by atoms with Crippen molar-refractivity contribution < 1.29 is 29.3 Å². The highest BCUT2D eigenvalue weighted by atomic mass is 35.5. The van der Waals surface area contributed by atoms with Gasteiger partial charge in [-0.2, -0.15) is 0 Å². The zero-order valence-electron chi connectivity index (χ0n) is 16.2. The van der Waals surface area contributed by atoms with Gasteiger partial charge in [0.15, 0.2) is 11.5 Å². The van der Waals surface area contributed by atoms with Crippen LogP contribution in [0.3, 0.4) is 0 Å². The largest absolute Gasteiger partial charge is 0.481 e. The molecule has 2 N–H and O–H groups in total. The molecule has 9 nitrogen and oxygen atoms in total. The van der Waals surface area contributed by atoms with Gasteiger partial charge in [-0.15, -0.1) is 0 Å². The van der Waals surface area contributed by atoms with Crippen molar-refractivity contribution in [2.24, 2.45) is 5.92 Å². The van der Waals surface area contributed by atoms with Gasteiger partial charge >= 0.3 is 11.9 Å². The van der Waals surface area contributed by atoms with Gasteiger partial charge in [0, 0.05) is 23.2 Å². The van der Waals surface area contributed by atoms with Crippen molar-refractivity contribution in [3.05, 3.63) is 47.2 Å². The van der Waals surface area contributed by atoms with Gasteiger partial charge in [0.2, 0.25) is 5.88 Å². The van der Waals surface area contributed by atoms with Gasteiger partial charge in [-0.3, -0.25) is 4.79 Å². The first-order chi connectivity index (χ1) is 14.9. The number of carboxylic acids is 2. The Kier molecular flexibility index (Phi) is 5.97. The Labute approximate surface area is 181 Å². The van der Waals surface area contributed by atoms with Crippen LogP contribution in [0.2, 0.25) is 5.02 Å². The second kappa shape index (κ2) is 8.83.